The van der Waals surface area contributed by atoms with Crippen LogP contribution in [-0.4, -0.2) is 11.5 Å². The Morgan fingerprint density at radius 2 is 1.60 bits per heavy atom. The molecule has 0 fully saturated rings. The van der Waals surface area contributed by atoms with Gasteiger partial charge >= 0.3 is 0 Å². The van der Waals surface area contributed by atoms with Crippen molar-refractivity contribution in [2.24, 2.45) is 0 Å². The fourth-order valence-corrected chi connectivity index (χ4v) is 1.72. The Labute approximate surface area is 117 Å². The fourth-order valence-electron chi connectivity index (χ4n) is 1.72. The van der Waals surface area contributed by atoms with Crippen molar-refractivity contribution in [2.45, 2.75) is 6.61 Å². The molecule has 0 aliphatic carbocycles. The number of aromatic nitrogens is 1. The van der Waals surface area contributed by atoms with E-state index in [-0.39, 0.29) is 0 Å². The van der Waals surface area contributed by atoms with Gasteiger partial charge in [0, 0.05) is 11.6 Å². The number of fused-ring (bicyclic) bond motifs is 1. The predicted molar refractivity (Wildman–Crippen MR) is 79.0 cm³/mol. The van der Waals surface area contributed by atoms with Gasteiger partial charge < -0.3 is 4.74 Å². The standard InChI is InChI=1S/C9H7N.C8H8O2/c1-2-6-9-8(4-1)5-3-7-10-9;9-7-10-6-8-4-2-1-3-5-8/h1-7H;1-5,7H,6H2. The van der Waals surface area contributed by atoms with Crippen molar-refractivity contribution in [3.8, 4) is 0 Å². The Morgan fingerprint density at radius 1 is 0.900 bits per heavy atom. The monoisotopic (exact) mass is 265 g/mol. The van der Waals surface area contributed by atoms with Gasteiger partial charge in [-0.1, -0.05) is 54.6 Å². The summed E-state index contributed by atoms with van der Waals surface area (Å²) in [5, 5.41) is 1.20. The molecule has 3 heteroatoms. The van der Waals surface area contributed by atoms with E-state index in [0.717, 1.165) is 11.1 Å². The summed E-state index contributed by atoms with van der Waals surface area (Å²) >= 11 is 0. The first-order chi connectivity index (χ1) is 9.90. The molecule has 0 aliphatic rings. The first kappa shape index (κ1) is 13.7. The van der Waals surface area contributed by atoms with E-state index in [1.54, 1.807) is 0 Å². The maximum Gasteiger partial charge on any atom is 0.293 e. The summed E-state index contributed by atoms with van der Waals surface area (Å²) in [7, 11) is 0. The summed E-state index contributed by atoms with van der Waals surface area (Å²) in [5.41, 5.74) is 2.07. The Balaban J connectivity index is 0.000000147. The minimum absolute atomic E-state index is 0.365. The number of nitrogens with zero attached hydrogens (tertiary/aromatic N) is 1. The van der Waals surface area contributed by atoms with E-state index in [4.69, 9.17) is 0 Å². The number of pyridine rings is 1. The number of para-hydroxylation sites is 1. The smallest absolute Gasteiger partial charge is 0.293 e. The third-order valence-corrected chi connectivity index (χ3v) is 2.67. The lowest BCUT2D eigenvalue weighted by atomic mass is 10.2. The Bertz CT molecular complexity index is 588. The second-order valence-corrected chi connectivity index (χ2v) is 4.09. The van der Waals surface area contributed by atoms with Gasteiger partial charge in [0.1, 0.15) is 6.61 Å². The molecule has 0 amide bonds. The van der Waals surface area contributed by atoms with Gasteiger partial charge in [0.15, 0.2) is 0 Å². The second kappa shape index (κ2) is 7.69. The highest BCUT2D eigenvalue weighted by Gasteiger charge is 1.87. The van der Waals surface area contributed by atoms with E-state index in [0.29, 0.717) is 13.1 Å². The van der Waals surface area contributed by atoms with Crippen molar-refractivity contribution in [3.05, 3.63) is 78.5 Å². The molecule has 3 rings (SSSR count). The maximum atomic E-state index is 9.76. The molecule has 0 atom stereocenters. The van der Waals surface area contributed by atoms with Crippen molar-refractivity contribution in [3.63, 3.8) is 0 Å². The number of benzene rings is 2. The highest BCUT2D eigenvalue weighted by atomic mass is 16.5. The molecule has 0 N–H and O–H groups in total. The summed E-state index contributed by atoms with van der Waals surface area (Å²) in [4.78, 5) is 13.9. The van der Waals surface area contributed by atoms with E-state index in [9.17, 15) is 4.79 Å². The average molecular weight is 265 g/mol. The van der Waals surface area contributed by atoms with Crippen molar-refractivity contribution in [1.82, 2.24) is 4.98 Å². The second-order valence-electron chi connectivity index (χ2n) is 4.09. The highest BCUT2D eigenvalue weighted by molar-refractivity contribution is 5.77. The zero-order valence-corrected chi connectivity index (χ0v) is 11.0. The van der Waals surface area contributed by atoms with E-state index in [2.05, 4.69) is 21.9 Å². The lowest BCUT2D eigenvalue weighted by Gasteiger charge is -1.95. The van der Waals surface area contributed by atoms with Gasteiger partial charge in [-0.05, 0) is 17.7 Å². The van der Waals surface area contributed by atoms with Crippen LogP contribution in [0.15, 0.2) is 72.9 Å². The molecule has 1 heterocycles. The molecule has 1 aromatic heterocycles. The van der Waals surface area contributed by atoms with E-state index >= 15 is 0 Å². The van der Waals surface area contributed by atoms with Crippen molar-refractivity contribution < 1.29 is 9.53 Å². The molecule has 0 radical (unpaired) electrons. The van der Waals surface area contributed by atoms with Gasteiger partial charge in [-0.15, -0.1) is 0 Å². The van der Waals surface area contributed by atoms with Crippen molar-refractivity contribution in [2.75, 3.05) is 0 Å². The topological polar surface area (TPSA) is 39.2 Å². The average Bonchev–Trinajstić information content (AvgIpc) is 2.55. The van der Waals surface area contributed by atoms with Gasteiger partial charge in [0.2, 0.25) is 0 Å². The lowest BCUT2D eigenvalue weighted by molar-refractivity contribution is -0.129. The van der Waals surface area contributed by atoms with Gasteiger partial charge in [-0.2, -0.15) is 0 Å². The van der Waals surface area contributed by atoms with Gasteiger partial charge in [-0.25, -0.2) is 0 Å². The summed E-state index contributed by atoms with van der Waals surface area (Å²) < 4.78 is 4.54. The third-order valence-electron chi connectivity index (χ3n) is 2.67. The molecule has 20 heavy (non-hydrogen) atoms. The van der Waals surface area contributed by atoms with Gasteiger partial charge in [0.25, 0.3) is 6.47 Å². The molecule has 0 unspecified atom stereocenters. The number of rotatable bonds is 3. The molecule has 0 spiro atoms. The summed E-state index contributed by atoms with van der Waals surface area (Å²) in [6.07, 6.45) is 1.81. The van der Waals surface area contributed by atoms with E-state index < -0.39 is 0 Å². The zero-order chi connectivity index (χ0) is 14.0. The van der Waals surface area contributed by atoms with Crippen LogP contribution < -0.4 is 0 Å². The molecule has 0 saturated carbocycles. The molecule has 2 aromatic carbocycles. The molecular formula is C17H15NO2. The Kier molecular flexibility index (Phi) is 5.28. The van der Waals surface area contributed by atoms with Crippen LogP contribution in [0, 0.1) is 0 Å². The van der Waals surface area contributed by atoms with Crippen LogP contribution in [0.1, 0.15) is 5.56 Å². The van der Waals surface area contributed by atoms with Crippen LogP contribution >= 0.6 is 0 Å². The molecule has 100 valence electrons. The fraction of sp³-hybridized carbons (Fsp3) is 0.0588. The van der Waals surface area contributed by atoms with Crippen LogP contribution in [0.2, 0.25) is 0 Å². The SMILES string of the molecule is O=COCc1ccccc1.c1ccc2ncccc2c1. The maximum absolute atomic E-state index is 9.76. The first-order valence-electron chi connectivity index (χ1n) is 6.29. The summed E-state index contributed by atoms with van der Waals surface area (Å²) in [6, 6.07) is 21.6. The Morgan fingerprint density at radius 3 is 2.35 bits per heavy atom. The highest BCUT2D eigenvalue weighted by Crippen LogP contribution is 2.07. The largest absolute Gasteiger partial charge is 0.463 e. The Hall–Kier alpha value is -2.68. The minimum Gasteiger partial charge on any atom is -0.463 e. The molecule has 3 nitrogen and oxygen atoms in total. The first-order valence-corrected chi connectivity index (χ1v) is 6.29. The van der Waals surface area contributed by atoms with Gasteiger partial charge in [0.05, 0.1) is 5.52 Å². The van der Waals surface area contributed by atoms with E-state index in [1.807, 2.05) is 60.8 Å². The van der Waals surface area contributed by atoms with Crippen LogP contribution in [0.25, 0.3) is 10.9 Å². The van der Waals surface area contributed by atoms with Crippen molar-refractivity contribution >= 4 is 17.4 Å². The van der Waals surface area contributed by atoms with Crippen LogP contribution in [-0.2, 0) is 16.1 Å². The third kappa shape index (κ3) is 4.21. The molecule has 0 saturated heterocycles. The minimum atomic E-state index is 0.365. The van der Waals surface area contributed by atoms with Crippen molar-refractivity contribution in [1.29, 1.82) is 0 Å². The van der Waals surface area contributed by atoms with Crippen LogP contribution in [0.4, 0.5) is 0 Å². The van der Waals surface area contributed by atoms with Crippen LogP contribution in [0.3, 0.4) is 0 Å². The zero-order valence-electron chi connectivity index (χ0n) is 11.0. The van der Waals surface area contributed by atoms with Gasteiger partial charge in [-0.3, -0.25) is 9.78 Å². The number of carbonyl (C=O) groups excluding carboxylic acids is 1. The summed E-state index contributed by atoms with van der Waals surface area (Å²) in [5.74, 6) is 0. The van der Waals surface area contributed by atoms with E-state index in [1.165, 1.54) is 5.39 Å². The molecule has 0 bridgehead atoms. The number of ether oxygens (including phenoxy) is 1. The molecular weight excluding hydrogens is 250 g/mol. The lowest BCUT2D eigenvalue weighted by Crippen LogP contribution is -1.88. The number of hydrogen-bond donors (Lipinski definition) is 0. The summed E-state index contributed by atoms with van der Waals surface area (Å²) in [6.45, 7) is 0.817. The number of hydrogen-bond acceptors (Lipinski definition) is 3. The predicted octanol–water partition coefficient (Wildman–Crippen LogP) is 3.59. The normalized spacial score (nSPS) is 9.40. The molecule has 0 aliphatic heterocycles. The number of carbonyl (C=O) groups is 1. The van der Waals surface area contributed by atoms with Crippen LogP contribution in [0.5, 0.6) is 0 Å². The molecule has 3 aromatic rings. The quantitative estimate of drug-likeness (QED) is 0.679.